The zero-order valence-corrected chi connectivity index (χ0v) is 30.8. The lowest BCUT2D eigenvalue weighted by Gasteiger charge is -2.35. The number of carbonyl (C=O) groups excluding carboxylic acids is 2. The molecule has 5 rings (SSSR count). The first-order chi connectivity index (χ1) is 23.5. The van der Waals surface area contributed by atoms with E-state index in [-0.39, 0.29) is 29.8 Å². The first-order valence-corrected chi connectivity index (χ1v) is 19.0. The zero-order chi connectivity index (χ0) is 35.0. The fourth-order valence-corrected chi connectivity index (χ4v) is 8.45. The lowest BCUT2D eigenvalue weighted by Crippen LogP contribution is -2.55. The molecule has 11 heteroatoms. The van der Waals surface area contributed by atoms with E-state index in [2.05, 4.69) is 21.2 Å². The Morgan fingerprint density at radius 3 is 2.27 bits per heavy atom. The predicted octanol–water partition coefficient (Wildman–Crippen LogP) is 7.70. The molecule has 258 valence electrons. The van der Waals surface area contributed by atoms with E-state index < -0.39 is 28.5 Å². The van der Waals surface area contributed by atoms with Crippen LogP contribution < -0.4 is 14.4 Å². The summed E-state index contributed by atoms with van der Waals surface area (Å²) in [6.45, 7) is 1.41. The molecule has 0 saturated heterocycles. The van der Waals surface area contributed by atoms with Crippen molar-refractivity contribution >= 4 is 55.1 Å². The average Bonchev–Trinajstić information content (AvgIpc) is 3.10. The molecular weight excluding hydrogens is 726 g/mol. The lowest BCUT2D eigenvalue weighted by atomic mass is 9.94. The highest BCUT2D eigenvalue weighted by atomic mass is 79.9. The van der Waals surface area contributed by atoms with Crippen LogP contribution in [0.4, 0.5) is 5.69 Å². The van der Waals surface area contributed by atoms with Gasteiger partial charge in [-0.2, -0.15) is 0 Å². The van der Waals surface area contributed by atoms with Gasteiger partial charge in [-0.25, -0.2) is 8.42 Å². The summed E-state index contributed by atoms with van der Waals surface area (Å²) in [5.74, 6) is -0.330. The van der Waals surface area contributed by atoms with Crippen molar-refractivity contribution in [2.24, 2.45) is 0 Å². The third-order valence-electron chi connectivity index (χ3n) is 8.78. The van der Waals surface area contributed by atoms with E-state index in [1.54, 1.807) is 48.5 Å². The van der Waals surface area contributed by atoms with Crippen LogP contribution in [0.1, 0.15) is 48.8 Å². The molecule has 0 bridgehead atoms. The van der Waals surface area contributed by atoms with E-state index in [4.69, 9.17) is 16.3 Å². The molecule has 0 aliphatic heterocycles. The summed E-state index contributed by atoms with van der Waals surface area (Å²) >= 11 is 9.77. The van der Waals surface area contributed by atoms with Gasteiger partial charge in [0.25, 0.3) is 10.0 Å². The van der Waals surface area contributed by atoms with Crippen molar-refractivity contribution in [2.75, 3.05) is 18.0 Å². The van der Waals surface area contributed by atoms with Gasteiger partial charge in [0.2, 0.25) is 11.8 Å². The summed E-state index contributed by atoms with van der Waals surface area (Å²) < 4.78 is 35.6. The Hall–Kier alpha value is -3.86. The standard InChI is InChI=1S/C38H41BrClN3O5S/c1-27-16-18-32(19-17-27)43(49(46,47)33-20-21-36(48-2)34(39)24-33)26-37(44)42(25-29-12-9-13-30(40)22-29)35(23-28-10-5-3-6-11-28)38(45)41-31-14-7-4-8-15-31/h3,5-6,9-13,16-22,24,31,35H,4,7-8,14-15,23,25-26H2,1-2H3,(H,41,45)/t35-/m0/s1. The normalized spacial score (nSPS) is 14.1. The van der Waals surface area contributed by atoms with E-state index in [0.717, 1.165) is 47.5 Å². The largest absolute Gasteiger partial charge is 0.496 e. The second kappa shape index (κ2) is 16.7. The minimum Gasteiger partial charge on any atom is -0.496 e. The number of nitrogens with one attached hydrogen (secondary N) is 1. The van der Waals surface area contributed by atoms with Crippen molar-refractivity contribution < 1.29 is 22.7 Å². The van der Waals surface area contributed by atoms with Crippen LogP contribution in [0.3, 0.4) is 0 Å². The molecule has 0 heterocycles. The summed E-state index contributed by atoms with van der Waals surface area (Å²) in [6.07, 6.45) is 5.20. The first kappa shape index (κ1) is 36.4. The molecular formula is C38H41BrClN3O5S. The number of ether oxygens (including phenoxy) is 1. The highest BCUT2D eigenvalue weighted by Crippen LogP contribution is 2.31. The van der Waals surface area contributed by atoms with Crippen molar-refractivity contribution in [3.05, 3.63) is 123 Å². The first-order valence-electron chi connectivity index (χ1n) is 16.4. The summed E-state index contributed by atoms with van der Waals surface area (Å²) in [5, 5.41) is 3.72. The number of amides is 2. The van der Waals surface area contributed by atoms with Gasteiger partial charge in [-0.3, -0.25) is 13.9 Å². The van der Waals surface area contributed by atoms with Crippen molar-refractivity contribution in [3.8, 4) is 5.75 Å². The Bertz CT molecular complexity index is 1850. The van der Waals surface area contributed by atoms with Gasteiger partial charge < -0.3 is 15.0 Å². The Balaban J connectivity index is 1.57. The van der Waals surface area contributed by atoms with E-state index in [0.29, 0.717) is 26.5 Å². The van der Waals surface area contributed by atoms with Crippen molar-refractivity contribution in [1.82, 2.24) is 10.2 Å². The van der Waals surface area contributed by atoms with E-state index >= 15 is 0 Å². The van der Waals surface area contributed by atoms with Gasteiger partial charge in [0.1, 0.15) is 18.3 Å². The van der Waals surface area contributed by atoms with Crippen LogP contribution in [0.25, 0.3) is 0 Å². The van der Waals surface area contributed by atoms with E-state index in [1.807, 2.05) is 43.3 Å². The second-order valence-electron chi connectivity index (χ2n) is 12.3. The fraction of sp³-hybridized carbons (Fsp3) is 0.316. The van der Waals surface area contributed by atoms with Crippen LogP contribution in [0.15, 0.2) is 106 Å². The molecule has 0 unspecified atom stereocenters. The number of nitrogens with zero attached hydrogens (tertiary/aromatic N) is 2. The third kappa shape index (κ3) is 9.44. The molecule has 2 amide bonds. The lowest BCUT2D eigenvalue weighted by molar-refractivity contribution is -0.140. The average molecular weight is 767 g/mol. The number of benzene rings is 4. The molecule has 8 nitrogen and oxygen atoms in total. The molecule has 1 atom stereocenters. The number of aryl methyl sites for hydroxylation is 1. The fourth-order valence-electron chi connectivity index (χ4n) is 6.10. The molecule has 1 aliphatic carbocycles. The number of methoxy groups -OCH3 is 1. The van der Waals surface area contributed by atoms with Crippen LogP contribution in [0, 0.1) is 6.92 Å². The number of anilines is 1. The number of hydrogen-bond donors (Lipinski definition) is 1. The van der Waals surface area contributed by atoms with Crippen molar-refractivity contribution in [2.45, 2.75) is 69.0 Å². The zero-order valence-electron chi connectivity index (χ0n) is 27.6. The monoisotopic (exact) mass is 765 g/mol. The molecule has 0 aromatic heterocycles. The van der Waals surface area contributed by atoms with Gasteiger partial charge >= 0.3 is 0 Å². The number of sulfonamides is 1. The van der Waals surface area contributed by atoms with Gasteiger partial charge in [0, 0.05) is 24.0 Å². The third-order valence-corrected chi connectivity index (χ3v) is 11.4. The summed E-state index contributed by atoms with van der Waals surface area (Å²) in [5.41, 5.74) is 2.85. The topological polar surface area (TPSA) is 96.0 Å². The number of hydrogen-bond acceptors (Lipinski definition) is 5. The van der Waals surface area contributed by atoms with Crippen LogP contribution in [0.2, 0.25) is 5.02 Å². The molecule has 1 aliphatic rings. The number of carbonyl (C=O) groups is 2. The molecule has 0 spiro atoms. The van der Waals surface area contributed by atoms with E-state index in [1.165, 1.54) is 24.1 Å². The van der Waals surface area contributed by atoms with Crippen molar-refractivity contribution in [1.29, 1.82) is 0 Å². The predicted molar refractivity (Wildman–Crippen MR) is 197 cm³/mol. The SMILES string of the molecule is COc1ccc(S(=O)(=O)N(CC(=O)N(Cc2cccc(Cl)c2)[C@@H](Cc2ccccc2)C(=O)NC2CCCCC2)c2ccc(C)cc2)cc1Br. The Kier molecular flexibility index (Phi) is 12.4. The smallest absolute Gasteiger partial charge is 0.264 e. The van der Waals surface area contributed by atoms with Crippen molar-refractivity contribution in [3.63, 3.8) is 0 Å². The number of rotatable bonds is 13. The number of halogens is 2. The Morgan fingerprint density at radius 2 is 1.61 bits per heavy atom. The van der Waals surface area contributed by atoms with Crippen LogP contribution in [0.5, 0.6) is 5.75 Å². The van der Waals surface area contributed by atoms with Gasteiger partial charge in [-0.1, -0.05) is 91.0 Å². The molecule has 4 aromatic carbocycles. The quantitative estimate of drug-likeness (QED) is 0.151. The minimum absolute atomic E-state index is 0.0144. The molecule has 1 saturated carbocycles. The maximum Gasteiger partial charge on any atom is 0.264 e. The Labute approximate surface area is 302 Å². The maximum atomic E-state index is 14.7. The Morgan fingerprint density at radius 1 is 0.918 bits per heavy atom. The summed E-state index contributed by atoms with van der Waals surface area (Å²) in [7, 11) is -2.78. The summed E-state index contributed by atoms with van der Waals surface area (Å²) in [6, 6.07) is 27.2. The van der Waals surface area contributed by atoms with Gasteiger partial charge in [0.15, 0.2) is 0 Å². The van der Waals surface area contributed by atoms with Crippen LogP contribution >= 0.6 is 27.5 Å². The molecule has 0 radical (unpaired) electrons. The van der Waals surface area contributed by atoms with Gasteiger partial charge in [0.05, 0.1) is 22.2 Å². The highest BCUT2D eigenvalue weighted by Gasteiger charge is 2.35. The van der Waals surface area contributed by atoms with Gasteiger partial charge in [-0.15, -0.1) is 0 Å². The molecule has 4 aromatic rings. The minimum atomic E-state index is -4.27. The van der Waals surface area contributed by atoms with E-state index in [9.17, 15) is 18.0 Å². The molecule has 1 fully saturated rings. The molecule has 1 N–H and O–H groups in total. The van der Waals surface area contributed by atoms with Crippen LogP contribution in [-0.4, -0.2) is 50.9 Å². The highest BCUT2D eigenvalue weighted by molar-refractivity contribution is 9.10. The maximum absolute atomic E-state index is 14.7. The van der Waals surface area contributed by atoms with Gasteiger partial charge in [-0.05, 0) is 89.3 Å². The van der Waals surface area contributed by atoms with Crippen LogP contribution in [-0.2, 0) is 32.6 Å². The molecule has 49 heavy (non-hydrogen) atoms. The summed E-state index contributed by atoms with van der Waals surface area (Å²) in [4.78, 5) is 30.5. The second-order valence-corrected chi connectivity index (χ2v) is 15.5.